The Morgan fingerprint density at radius 2 is 1.61 bits per heavy atom. The Morgan fingerprint density at radius 3 is 2.16 bits per heavy atom. The van der Waals surface area contributed by atoms with E-state index in [0.29, 0.717) is 36.7 Å². The van der Waals surface area contributed by atoms with Crippen molar-refractivity contribution in [1.82, 2.24) is 4.31 Å². The van der Waals surface area contributed by atoms with E-state index in [4.69, 9.17) is 4.74 Å². The molecule has 31 heavy (non-hydrogen) atoms. The molecule has 2 rings (SSSR count). The zero-order chi connectivity index (χ0) is 23.0. The van der Waals surface area contributed by atoms with Crippen molar-refractivity contribution in [2.45, 2.75) is 25.7 Å². The summed E-state index contributed by atoms with van der Waals surface area (Å²) >= 11 is 0. The molecule has 0 aliphatic rings. The number of carbonyl (C=O) groups is 2. The zero-order valence-corrected chi connectivity index (χ0v) is 18.8. The first-order valence-corrected chi connectivity index (χ1v) is 11.2. The summed E-state index contributed by atoms with van der Waals surface area (Å²) in [5.41, 5.74) is 1.03. The van der Waals surface area contributed by atoms with Gasteiger partial charge in [-0.3, -0.25) is 10.1 Å². The molecular weight excluding hydrogens is 422 g/mol. The molecule has 2 amide bonds. The number of methoxy groups -OCH3 is 1. The lowest BCUT2D eigenvalue weighted by Gasteiger charge is -2.20. The van der Waals surface area contributed by atoms with Crippen LogP contribution in [0.25, 0.3) is 0 Å². The highest BCUT2D eigenvalue weighted by atomic mass is 32.2. The van der Waals surface area contributed by atoms with Gasteiger partial charge >= 0.3 is 6.09 Å². The average Bonchev–Trinajstić information content (AvgIpc) is 2.76. The molecule has 0 saturated carbocycles. The third-order valence-electron chi connectivity index (χ3n) is 4.42. The van der Waals surface area contributed by atoms with Gasteiger partial charge in [-0.25, -0.2) is 13.2 Å². The van der Waals surface area contributed by atoms with Crippen molar-refractivity contribution >= 4 is 33.4 Å². The molecule has 0 saturated heterocycles. The summed E-state index contributed by atoms with van der Waals surface area (Å²) in [4.78, 5) is 24.1. The molecule has 9 nitrogen and oxygen atoms in total. The van der Waals surface area contributed by atoms with E-state index in [1.165, 1.54) is 41.7 Å². The Morgan fingerprint density at radius 1 is 0.968 bits per heavy atom. The monoisotopic (exact) mass is 449 g/mol. The molecule has 0 spiro atoms. The number of benzene rings is 2. The largest absolute Gasteiger partial charge is 0.492 e. The maximum atomic E-state index is 12.8. The molecule has 2 N–H and O–H groups in total. The van der Waals surface area contributed by atoms with Crippen molar-refractivity contribution in [3.63, 3.8) is 0 Å². The van der Waals surface area contributed by atoms with Gasteiger partial charge in [0.1, 0.15) is 5.75 Å². The van der Waals surface area contributed by atoms with Gasteiger partial charge in [-0.1, -0.05) is 13.8 Å². The predicted octanol–water partition coefficient (Wildman–Crippen LogP) is 3.55. The number of nitrogens with zero attached hydrogens (tertiary/aromatic N) is 1. The van der Waals surface area contributed by atoms with E-state index >= 15 is 0 Å². The molecule has 2 aromatic rings. The number of hydrogen-bond acceptors (Lipinski definition) is 6. The molecule has 0 aromatic heterocycles. The minimum atomic E-state index is -3.70. The molecule has 10 heteroatoms. The summed E-state index contributed by atoms with van der Waals surface area (Å²) in [6, 6.07) is 10.5. The summed E-state index contributed by atoms with van der Waals surface area (Å²) < 4.78 is 37.1. The highest BCUT2D eigenvalue weighted by molar-refractivity contribution is 7.89. The average molecular weight is 450 g/mol. The fourth-order valence-electron chi connectivity index (χ4n) is 2.83. The number of anilines is 2. The van der Waals surface area contributed by atoms with Crippen LogP contribution >= 0.6 is 0 Å². The van der Waals surface area contributed by atoms with Gasteiger partial charge in [0.05, 0.1) is 24.3 Å². The molecule has 0 fully saturated rings. The molecule has 0 atom stereocenters. The van der Waals surface area contributed by atoms with Crippen LogP contribution in [0, 0.1) is 0 Å². The predicted molar refractivity (Wildman–Crippen MR) is 118 cm³/mol. The Hall–Kier alpha value is -3.11. The molecule has 2 aromatic carbocycles. The standard InChI is InChI=1S/C21H27N3O6S/c1-5-24(6-2)31(27,28)17-12-13-19(30-7-3)18(14-17)23-20(25)15-8-10-16(11-9-15)22-21(26)29-4/h8-14H,5-7H2,1-4H3,(H,22,26)(H,23,25). The Labute approximate surface area is 182 Å². The van der Waals surface area contributed by atoms with E-state index < -0.39 is 22.0 Å². The Bertz CT molecular complexity index is 1020. The number of hydrogen-bond donors (Lipinski definition) is 2. The van der Waals surface area contributed by atoms with Gasteiger partial charge < -0.3 is 14.8 Å². The topological polar surface area (TPSA) is 114 Å². The minimum absolute atomic E-state index is 0.0626. The van der Waals surface area contributed by atoms with Crippen LogP contribution in [-0.4, -0.2) is 51.5 Å². The maximum absolute atomic E-state index is 12.8. The maximum Gasteiger partial charge on any atom is 0.411 e. The van der Waals surface area contributed by atoms with Crippen molar-refractivity contribution < 1.29 is 27.5 Å². The van der Waals surface area contributed by atoms with Crippen LogP contribution in [0.3, 0.4) is 0 Å². The van der Waals surface area contributed by atoms with Crippen LogP contribution < -0.4 is 15.4 Å². The Balaban J connectivity index is 2.31. The molecular formula is C21H27N3O6S. The third kappa shape index (κ3) is 5.96. The van der Waals surface area contributed by atoms with Gasteiger partial charge in [-0.2, -0.15) is 4.31 Å². The van der Waals surface area contributed by atoms with Crippen molar-refractivity contribution in [3.8, 4) is 5.75 Å². The van der Waals surface area contributed by atoms with Crippen LogP contribution in [0.2, 0.25) is 0 Å². The van der Waals surface area contributed by atoms with Crippen LogP contribution in [0.1, 0.15) is 31.1 Å². The quantitative estimate of drug-likeness (QED) is 0.605. The van der Waals surface area contributed by atoms with Crippen LogP contribution in [0.5, 0.6) is 5.75 Å². The fourth-order valence-corrected chi connectivity index (χ4v) is 4.31. The normalized spacial score (nSPS) is 11.1. The highest BCUT2D eigenvalue weighted by Gasteiger charge is 2.23. The lowest BCUT2D eigenvalue weighted by molar-refractivity contribution is 0.102. The number of ether oxygens (including phenoxy) is 2. The van der Waals surface area contributed by atoms with Gasteiger partial charge in [0, 0.05) is 24.3 Å². The summed E-state index contributed by atoms with van der Waals surface area (Å²) in [7, 11) is -2.45. The third-order valence-corrected chi connectivity index (χ3v) is 6.47. The summed E-state index contributed by atoms with van der Waals surface area (Å²) in [5, 5.41) is 5.21. The van der Waals surface area contributed by atoms with E-state index in [9.17, 15) is 18.0 Å². The second-order valence-corrected chi connectivity index (χ2v) is 8.27. The molecule has 0 unspecified atom stereocenters. The van der Waals surface area contributed by atoms with Gasteiger partial charge in [0.2, 0.25) is 10.0 Å². The van der Waals surface area contributed by atoms with Crippen LogP contribution in [0.4, 0.5) is 16.2 Å². The molecule has 168 valence electrons. The number of rotatable bonds is 9. The second kappa shape index (κ2) is 10.8. The van der Waals surface area contributed by atoms with Crippen molar-refractivity contribution in [1.29, 1.82) is 0 Å². The molecule has 0 bridgehead atoms. The first-order chi connectivity index (χ1) is 14.8. The van der Waals surface area contributed by atoms with E-state index in [1.807, 2.05) is 0 Å². The second-order valence-electron chi connectivity index (χ2n) is 6.33. The van der Waals surface area contributed by atoms with Gasteiger partial charge in [-0.15, -0.1) is 0 Å². The fraction of sp³-hybridized carbons (Fsp3) is 0.333. The van der Waals surface area contributed by atoms with Crippen LogP contribution in [0.15, 0.2) is 47.4 Å². The first kappa shape index (κ1) is 24.2. The highest BCUT2D eigenvalue weighted by Crippen LogP contribution is 2.30. The summed E-state index contributed by atoms with van der Waals surface area (Å²) in [6.45, 7) is 6.32. The summed E-state index contributed by atoms with van der Waals surface area (Å²) in [5.74, 6) is -0.0960. The zero-order valence-electron chi connectivity index (χ0n) is 18.0. The molecule has 0 aliphatic heterocycles. The lowest BCUT2D eigenvalue weighted by atomic mass is 10.2. The number of amides is 2. The number of nitrogens with one attached hydrogen (secondary N) is 2. The molecule has 0 heterocycles. The van der Waals surface area contributed by atoms with Gasteiger partial charge in [0.15, 0.2) is 0 Å². The minimum Gasteiger partial charge on any atom is -0.492 e. The smallest absolute Gasteiger partial charge is 0.411 e. The molecule has 0 radical (unpaired) electrons. The Kier molecular flexibility index (Phi) is 8.40. The van der Waals surface area contributed by atoms with E-state index in [-0.39, 0.29) is 10.6 Å². The number of sulfonamides is 1. The van der Waals surface area contributed by atoms with Gasteiger partial charge in [-0.05, 0) is 49.4 Å². The SMILES string of the molecule is CCOc1ccc(S(=O)(=O)N(CC)CC)cc1NC(=O)c1ccc(NC(=O)OC)cc1. The van der Waals surface area contributed by atoms with E-state index in [1.54, 1.807) is 32.9 Å². The summed E-state index contributed by atoms with van der Waals surface area (Å²) in [6.07, 6.45) is -0.621. The van der Waals surface area contributed by atoms with E-state index in [2.05, 4.69) is 15.4 Å². The van der Waals surface area contributed by atoms with Crippen molar-refractivity contribution in [3.05, 3.63) is 48.0 Å². The van der Waals surface area contributed by atoms with Gasteiger partial charge in [0.25, 0.3) is 5.91 Å². The van der Waals surface area contributed by atoms with Crippen molar-refractivity contribution in [2.24, 2.45) is 0 Å². The first-order valence-electron chi connectivity index (χ1n) is 9.80. The number of carbonyl (C=O) groups excluding carboxylic acids is 2. The van der Waals surface area contributed by atoms with Crippen LogP contribution in [-0.2, 0) is 14.8 Å². The van der Waals surface area contributed by atoms with E-state index in [0.717, 1.165) is 0 Å². The van der Waals surface area contributed by atoms with Crippen molar-refractivity contribution in [2.75, 3.05) is 37.4 Å². The lowest BCUT2D eigenvalue weighted by Crippen LogP contribution is -2.30. The molecule has 0 aliphatic carbocycles.